The number of nitrogens with two attached hydrogens (primary N) is 3. The van der Waals surface area contributed by atoms with Gasteiger partial charge in [0.15, 0.2) is 34.9 Å². The molecule has 0 spiro atoms. The Kier molecular flexibility index (Phi) is 6.07. The maximum Gasteiger partial charge on any atom is 0.416 e. The molecule has 0 aliphatic heterocycles. The summed E-state index contributed by atoms with van der Waals surface area (Å²) in [4.78, 5) is 7.05. The molecule has 0 amide bonds. The van der Waals surface area contributed by atoms with Crippen LogP contribution in [0.15, 0.2) is 38.7 Å². The Hall–Kier alpha value is -2.96. The Bertz CT molecular complexity index is 949. The Labute approximate surface area is 161 Å². The molecule has 13 heteroatoms. The Morgan fingerprint density at radius 1 is 0.893 bits per heavy atom. The number of hydrogen-bond donors (Lipinski definition) is 3. The standard InChI is InChI=1S/C15H10BrF6N5O/c16-6-3-9(19)12(10(4-6)26-14(25)27-13(23)24)28-11-7(17)1-5(2-8(11)18)15(20,21)22/h1-4H,(H6,23,24,25,26,27). The van der Waals surface area contributed by atoms with E-state index in [2.05, 4.69) is 25.9 Å². The Morgan fingerprint density at radius 3 is 1.93 bits per heavy atom. The molecule has 0 fully saturated rings. The average Bonchev–Trinajstić information content (AvgIpc) is 2.50. The summed E-state index contributed by atoms with van der Waals surface area (Å²) in [7, 11) is 0. The first-order valence-corrected chi connectivity index (χ1v) is 7.84. The molecule has 0 atom stereocenters. The predicted molar refractivity (Wildman–Crippen MR) is 92.6 cm³/mol. The molecule has 0 radical (unpaired) electrons. The second kappa shape index (κ2) is 7.96. The highest BCUT2D eigenvalue weighted by Crippen LogP contribution is 2.40. The first-order valence-electron chi connectivity index (χ1n) is 7.05. The molecule has 0 unspecified atom stereocenters. The van der Waals surface area contributed by atoms with Crippen molar-refractivity contribution in [2.24, 2.45) is 27.2 Å². The van der Waals surface area contributed by atoms with Gasteiger partial charge in [-0.15, -0.1) is 0 Å². The molecule has 0 saturated carbocycles. The molecule has 0 aromatic heterocycles. The fourth-order valence-electron chi connectivity index (χ4n) is 1.93. The van der Waals surface area contributed by atoms with Gasteiger partial charge in [-0.3, -0.25) is 0 Å². The fraction of sp³-hybridized carbons (Fsp3) is 0.0667. The highest BCUT2D eigenvalue weighted by Gasteiger charge is 2.33. The highest BCUT2D eigenvalue weighted by atomic mass is 79.9. The van der Waals surface area contributed by atoms with Crippen LogP contribution in [0.5, 0.6) is 11.5 Å². The zero-order valence-corrected chi connectivity index (χ0v) is 15.1. The van der Waals surface area contributed by atoms with Crippen LogP contribution in [0, 0.1) is 17.5 Å². The third-order valence-electron chi connectivity index (χ3n) is 3.00. The van der Waals surface area contributed by atoms with Gasteiger partial charge < -0.3 is 21.9 Å². The van der Waals surface area contributed by atoms with Crippen LogP contribution in [0.1, 0.15) is 5.56 Å². The van der Waals surface area contributed by atoms with Gasteiger partial charge >= 0.3 is 6.18 Å². The third kappa shape index (κ3) is 5.06. The third-order valence-corrected chi connectivity index (χ3v) is 3.45. The van der Waals surface area contributed by atoms with E-state index in [9.17, 15) is 26.3 Å². The minimum absolute atomic E-state index is 0.00584. The van der Waals surface area contributed by atoms with Crippen LogP contribution in [0.25, 0.3) is 0 Å². The molecule has 28 heavy (non-hydrogen) atoms. The lowest BCUT2D eigenvalue weighted by Gasteiger charge is -2.14. The van der Waals surface area contributed by atoms with Gasteiger partial charge in [0.25, 0.3) is 0 Å². The predicted octanol–water partition coefficient (Wildman–Crippen LogP) is 3.90. The van der Waals surface area contributed by atoms with E-state index in [4.69, 9.17) is 21.9 Å². The van der Waals surface area contributed by atoms with E-state index in [0.29, 0.717) is 0 Å². The number of ether oxygens (including phenoxy) is 1. The van der Waals surface area contributed by atoms with E-state index in [1.165, 1.54) is 0 Å². The van der Waals surface area contributed by atoms with Crippen molar-refractivity contribution >= 4 is 33.5 Å². The molecule has 0 saturated heterocycles. The monoisotopic (exact) mass is 469 g/mol. The molecule has 150 valence electrons. The first-order chi connectivity index (χ1) is 12.9. The topological polar surface area (TPSA) is 112 Å². The van der Waals surface area contributed by atoms with E-state index >= 15 is 0 Å². The highest BCUT2D eigenvalue weighted by molar-refractivity contribution is 9.10. The number of nitrogens with zero attached hydrogens (tertiary/aromatic N) is 2. The van der Waals surface area contributed by atoms with Crippen molar-refractivity contribution < 1.29 is 31.1 Å². The van der Waals surface area contributed by atoms with Crippen LogP contribution in [-0.2, 0) is 6.18 Å². The van der Waals surface area contributed by atoms with Gasteiger partial charge in [-0.25, -0.2) is 18.2 Å². The number of rotatable bonds is 3. The number of alkyl halides is 3. The summed E-state index contributed by atoms with van der Waals surface area (Å²) in [6, 6.07) is 2.02. The second-order valence-corrected chi connectivity index (χ2v) is 6.03. The Morgan fingerprint density at radius 2 is 1.43 bits per heavy atom. The summed E-state index contributed by atoms with van der Waals surface area (Å²) in [5, 5.41) is 0. The van der Waals surface area contributed by atoms with Gasteiger partial charge in [0.1, 0.15) is 5.69 Å². The summed E-state index contributed by atoms with van der Waals surface area (Å²) in [5.41, 5.74) is 13.7. The van der Waals surface area contributed by atoms with Crippen molar-refractivity contribution in [1.82, 2.24) is 0 Å². The minimum Gasteiger partial charge on any atom is -0.446 e. The van der Waals surface area contributed by atoms with Gasteiger partial charge in [-0.1, -0.05) is 15.9 Å². The number of aliphatic imine (C=N–C) groups is 2. The molecule has 6 N–H and O–H groups in total. The van der Waals surface area contributed by atoms with Crippen LogP contribution in [0.4, 0.5) is 32.0 Å². The normalized spacial score (nSPS) is 12.0. The lowest BCUT2D eigenvalue weighted by molar-refractivity contribution is -0.138. The van der Waals surface area contributed by atoms with Crippen LogP contribution >= 0.6 is 15.9 Å². The number of benzene rings is 2. The maximum absolute atomic E-state index is 14.3. The first kappa shape index (κ1) is 21.3. The molecule has 2 aromatic carbocycles. The summed E-state index contributed by atoms with van der Waals surface area (Å²) in [5.74, 6) is -7.68. The molecule has 2 rings (SSSR count). The van der Waals surface area contributed by atoms with E-state index in [0.717, 1.165) is 12.1 Å². The van der Waals surface area contributed by atoms with E-state index in [1.807, 2.05) is 0 Å². The van der Waals surface area contributed by atoms with Gasteiger partial charge in [0, 0.05) is 4.47 Å². The van der Waals surface area contributed by atoms with E-state index < -0.39 is 58.3 Å². The van der Waals surface area contributed by atoms with Crippen molar-refractivity contribution in [2.45, 2.75) is 6.18 Å². The summed E-state index contributed by atoms with van der Waals surface area (Å²) in [6.45, 7) is 0. The van der Waals surface area contributed by atoms with Gasteiger partial charge in [-0.2, -0.15) is 18.2 Å². The van der Waals surface area contributed by atoms with Crippen molar-refractivity contribution in [2.75, 3.05) is 0 Å². The summed E-state index contributed by atoms with van der Waals surface area (Å²) >= 11 is 2.97. The molecule has 6 nitrogen and oxygen atoms in total. The molecule has 0 aliphatic carbocycles. The van der Waals surface area contributed by atoms with Gasteiger partial charge in [0.2, 0.25) is 5.96 Å². The molecule has 2 aromatic rings. The maximum atomic E-state index is 14.3. The zero-order chi connectivity index (χ0) is 21.2. The van der Waals surface area contributed by atoms with Crippen molar-refractivity contribution in [1.29, 1.82) is 0 Å². The minimum atomic E-state index is -4.99. The van der Waals surface area contributed by atoms with Crippen molar-refractivity contribution in [3.63, 3.8) is 0 Å². The van der Waals surface area contributed by atoms with E-state index in [1.54, 1.807) is 0 Å². The SMILES string of the molecule is NC(N)=NC(N)=Nc1cc(Br)cc(F)c1Oc1c(F)cc(C(F)(F)F)cc1F. The average molecular weight is 470 g/mol. The lowest BCUT2D eigenvalue weighted by atomic mass is 10.2. The van der Waals surface area contributed by atoms with Crippen LogP contribution in [0.2, 0.25) is 0 Å². The smallest absolute Gasteiger partial charge is 0.416 e. The number of guanidine groups is 2. The van der Waals surface area contributed by atoms with Crippen molar-refractivity contribution in [3.05, 3.63) is 51.8 Å². The number of halogens is 7. The summed E-state index contributed by atoms with van der Waals surface area (Å²) < 4.78 is 85.1. The van der Waals surface area contributed by atoms with Crippen LogP contribution in [0.3, 0.4) is 0 Å². The largest absolute Gasteiger partial charge is 0.446 e. The molecule has 0 heterocycles. The van der Waals surface area contributed by atoms with E-state index in [-0.39, 0.29) is 16.6 Å². The number of hydrogen-bond acceptors (Lipinski definition) is 2. The van der Waals surface area contributed by atoms with Crippen LogP contribution < -0.4 is 21.9 Å². The Balaban J connectivity index is 2.57. The van der Waals surface area contributed by atoms with Gasteiger partial charge in [-0.05, 0) is 24.3 Å². The van der Waals surface area contributed by atoms with Gasteiger partial charge in [0.05, 0.1) is 5.56 Å². The van der Waals surface area contributed by atoms with Crippen LogP contribution in [-0.4, -0.2) is 11.9 Å². The fourth-order valence-corrected chi connectivity index (χ4v) is 2.35. The zero-order valence-electron chi connectivity index (χ0n) is 13.5. The molecule has 0 bridgehead atoms. The molecular weight excluding hydrogens is 460 g/mol. The molecular formula is C15H10BrF6N5O. The molecule has 0 aliphatic rings. The summed E-state index contributed by atoms with van der Waals surface area (Å²) in [6.07, 6.45) is -4.99. The second-order valence-electron chi connectivity index (χ2n) is 5.11. The lowest BCUT2D eigenvalue weighted by Crippen LogP contribution is -2.26. The quantitative estimate of drug-likeness (QED) is 0.359. The van der Waals surface area contributed by atoms with Crippen molar-refractivity contribution in [3.8, 4) is 11.5 Å².